The molecular formula is C35H33F3N6O7S. The molecule has 17 heteroatoms. The minimum absolute atomic E-state index is 0.0608. The van der Waals surface area contributed by atoms with Gasteiger partial charge in [0.25, 0.3) is 5.91 Å². The summed E-state index contributed by atoms with van der Waals surface area (Å²) >= 11 is 0. The normalized spacial score (nSPS) is 17.9. The molecule has 2 unspecified atom stereocenters. The molecule has 1 saturated heterocycles. The van der Waals surface area contributed by atoms with E-state index in [0.29, 0.717) is 54.9 Å². The van der Waals surface area contributed by atoms with Crippen molar-refractivity contribution in [1.82, 2.24) is 25.6 Å². The van der Waals surface area contributed by atoms with Crippen molar-refractivity contribution >= 4 is 45.2 Å². The highest BCUT2D eigenvalue weighted by Crippen LogP contribution is 2.39. The second-order valence-corrected chi connectivity index (χ2v) is 13.2. The highest BCUT2D eigenvalue weighted by atomic mass is 32.2. The number of hydrogen-bond acceptors (Lipinski definition) is 9. The first-order valence-electron chi connectivity index (χ1n) is 16.0. The Labute approximate surface area is 298 Å². The maximum atomic E-state index is 15.4. The lowest BCUT2D eigenvalue weighted by atomic mass is 10.1. The molecule has 3 heterocycles. The number of nitrogens with one attached hydrogen (secondary N) is 3. The zero-order chi connectivity index (χ0) is 36.9. The molecule has 3 N–H and O–H groups in total. The fourth-order valence-electron chi connectivity index (χ4n) is 5.75. The Hall–Kier alpha value is -5.68. The molecule has 4 amide bonds. The fourth-order valence-corrected chi connectivity index (χ4v) is 6.94. The standard InChI is InChI=1S/C35H33F3N6O7S/c1-39-31(45)19-43-12-8-23(9-13-43)50-30-17-24-27(18-29(30)49-2)40-11-7-28(24)51-33-25(37)15-22(16-26(33)38)41-35(47)42-44-32(46)10-14-52(48)34(44)20-3-5-21(36)6-4-20/h3-7,10-11,14-18,23,34H,8-9,12-13,19H2,1-2H3,(H,39,45)(H2,41,42,47). The summed E-state index contributed by atoms with van der Waals surface area (Å²) in [5, 5.41) is 5.98. The second-order valence-electron chi connectivity index (χ2n) is 11.8. The molecule has 6 rings (SSSR count). The van der Waals surface area contributed by atoms with Crippen LogP contribution >= 0.6 is 0 Å². The van der Waals surface area contributed by atoms with E-state index in [0.717, 1.165) is 40.8 Å². The summed E-state index contributed by atoms with van der Waals surface area (Å²) in [6.45, 7) is 1.60. The van der Waals surface area contributed by atoms with E-state index in [1.807, 2.05) is 4.90 Å². The topological polar surface area (TPSA) is 151 Å². The molecule has 0 aliphatic carbocycles. The molecule has 3 aromatic carbocycles. The van der Waals surface area contributed by atoms with Gasteiger partial charge in [-0.3, -0.25) is 23.7 Å². The van der Waals surface area contributed by atoms with Crippen LogP contribution in [0.15, 0.2) is 72.3 Å². The number of likely N-dealkylation sites (N-methyl/N-ethyl adjacent to an activating group) is 1. The third kappa shape index (κ3) is 8.10. The number of likely N-dealkylation sites (tertiary alicyclic amines) is 1. The number of nitrogens with zero attached hydrogens (tertiary/aromatic N) is 3. The summed E-state index contributed by atoms with van der Waals surface area (Å²) in [6.07, 6.45) is 3.53. The van der Waals surface area contributed by atoms with Crippen molar-refractivity contribution in [2.75, 3.05) is 39.1 Å². The molecule has 1 fully saturated rings. The second kappa shape index (κ2) is 15.7. The molecule has 4 aromatic rings. The van der Waals surface area contributed by atoms with Crippen LogP contribution in [0, 0.1) is 17.5 Å². The quantitative estimate of drug-likeness (QED) is 0.207. The average Bonchev–Trinajstić information content (AvgIpc) is 3.12. The predicted molar refractivity (Wildman–Crippen MR) is 184 cm³/mol. The Balaban J connectivity index is 1.17. The van der Waals surface area contributed by atoms with Gasteiger partial charge in [-0.2, -0.15) is 0 Å². The lowest BCUT2D eigenvalue weighted by molar-refractivity contribution is -0.129. The van der Waals surface area contributed by atoms with Crippen molar-refractivity contribution in [3.63, 3.8) is 0 Å². The van der Waals surface area contributed by atoms with Crippen LogP contribution in [-0.2, 0) is 20.4 Å². The summed E-state index contributed by atoms with van der Waals surface area (Å²) in [5.41, 5.74) is 2.61. The van der Waals surface area contributed by atoms with Gasteiger partial charge in [0.15, 0.2) is 34.3 Å². The predicted octanol–water partition coefficient (Wildman–Crippen LogP) is 4.88. The van der Waals surface area contributed by atoms with E-state index in [2.05, 4.69) is 21.0 Å². The molecule has 0 radical (unpaired) electrons. The average molecular weight is 739 g/mol. The lowest BCUT2D eigenvalue weighted by Crippen LogP contribution is -2.51. The van der Waals surface area contributed by atoms with Crippen molar-refractivity contribution < 1.29 is 46.0 Å². The van der Waals surface area contributed by atoms with Gasteiger partial charge in [0.05, 0.1) is 30.0 Å². The summed E-state index contributed by atoms with van der Waals surface area (Å²) < 4.78 is 74.6. The Morgan fingerprint density at radius 2 is 1.69 bits per heavy atom. The number of piperidine rings is 1. The van der Waals surface area contributed by atoms with Crippen LogP contribution < -0.4 is 30.3 Å². The molecule has 0 saturated carbocycles. The number of carbonyl (C=O) groups excluding carboxylic acids is 3. The van der Waals surface area contributed by atoms with Gasteiger partial charge in [0.2, 0.25) is 5.91 Å². The fraction of sp³-hybridized carbons (Fsp3) is 0.257. The smallest absolute Gasteiger partial charge is 0.338 e. The van der Waals surface area contributed by atoms with Gasteiger partial charge in [0.1, 0.15) is 17.7 Å². The van der Waals surface area contributed by atoms with Crippen molar-refractivity contribution in [1.29, 1.82) is 0 Å². The highest BCUT2D eigenvalue weighted by Gasteiger charge is 2.33. The number of rotatable bonds is 10. The summed E-state index contributed by atoms with van der Waals surface area (Å²) in [6, 6.07) is 10.1. The van der Waals surface area contributed by atoms with Gasteiger partial charge in [-0.15, -0.1) is 0 Å². The molecule has 2 aliphatic rings. The van der Waals surface area contributed by atoms with E-state index in [1.165, 1.54) is 31.5 Å². The van der Waals surface area contributed by atoms with Crippen LogP contribution in [-0.4, -0.2) is 76.8 Å². The number of hydrogen-bond donors (Lipinski definition) is 3. The molecular weight excluding hydrogens is 705 g/mol. The number of anilines is 1. The van der Waals surface area contributed by atoms with E-state index in [1.54, 1.807) is 19.2 Å². The van der Waals surface area contributed by atoms with Crippen molar-refractivity contribution in [2.45, 2.75) is 24.3 Å². The van der Waals surface area contributed by atoms with E-state index in [9.17, 15) is 23.0 Å². The molecule has 0 bridgehead atoms. The number of amides is 4. The Morgan fingerprint density at radius 3 is 2.37 bits per heavy atom. The third-order valence-corrected chi connectivity index (χ3v) is 9.67. The van der Waals surface area contributed by atoms with Gasteiger partial charge in [-0.25, -0.2) is 28.4 Å². The maximum Gasteiger partial charge on any atom is 0.338 e. The van der Waals surface area contributed by atoms with E-state index >= 15 is 8.78 Å². The van der Waals surface area contributed by atoms with Gasteiger partial charge in [0, 0.05) is 67.1 Å². The summed E-state index contributed by atoms with van der Waals surface area (Å²) in [5.74, 6) is -3.60. The van der Waals surface area contributed by atoms with Gasteiger partial charge in [-0.05, 0) is 42.7 Å². The number of fused-ring (bicyclic) bond motifs is 1. The molecule has 272 valence electrons. The molecule has 2 aliphatic heterocycles. The monoisotopic (exact) mass is 738 g/mol. The number of benzene rings is 3. The SMILES string of the molecule is CNC(=O)CN1CCC(Oc2cc3c(Oc4c(F)cc(NC(=O)NN5C(=O)C=CS(=O)C5c5ccc(F)cc5)cc4F)ccnc3cc2OC)CC1. The van der Waals surface area contributed by atoms with Gasteiger partial charge in [-0.1, -0.05) is 12.1 Å². The third-order valence-electron chi connectivity index (χ3n) is 8.34. The van der Waals surface area contributed by atoms with Gasteiger partial charge >= 0.3 is 6.03 Å². The number of hydrazine groups is 1. The number of ether oxygens (including phenoxy) is 3. The van der Waals surface area contributed by atoms with E-state index in [-0.39, 0.29) is 29.0 Å². The number of urea groups is 1. The van der Waals surface area contributed by atoms with Crippen molar-refractivity contribution in [3.8, 4) is 23.0 Å². The lowest BCUT2D eigenvalue weighted by Gasteiger charge is -2.32. The maximum absolute atomic E-state index is 15.4. The van der Waals surface area contributed by atoms with Crippen LogP contribution in [0.5, 0.6) is 23.0 Å². The molecule has 0 spiro atoms. The van der Waals surface area contributed by atoms with Crippen molar-refractivity contribution in [3.05, 3.63) is 95.3 Å². The zero-order valence-corrected chi connectivity index (χ0v) is 28.7. The Morgan fingerprint density at radius 1 is 0.981 bits per heavy atom. The van der Waals surface area contributed by atoms with E-state index in [4.69, 9.17) is 14.2 Å². The Kier molecular flexibility index (Phi) is 10.9. The Bertz CT molecular complexity index is 2040. The summed E-state index contributed by atoms with van der Waals surface area (Å²) in [7, 11) is 1.26. The van der Waals surface area contributed by atoms with Crippen LogP contribution in [0.25, 0.3) is 10.9 Å². The summed E-state index contributed by atoms with van der Waals surface area (Å²) in [4.78, 5) is 43.6. The minimum atomic E-state index is -1.81. The van der Waals surface area contributed by atoms with Crippen LogP contribution in [0.2, 0.25) is 0 Å². The largest absolute Gasteiger partial charge is 0.493 e. The van der Waals surface area contributed by atoms with Crippen LogP contribution in [0.1, 0.15) is 23.8 Å². The number of carbonyl (C=O) groups is 3. The molecule has 1 aromatic heterocycles. The molecule has 2 atom stereocenters. The van der Waals surface area contributed by atoms with Crippen LogP contribution in [0.3, 0.4) is 0 Å². The first-order valence-corrected chi connectivity index (χ1v) is 17.3. The number of methoxy groups -OCH3 is 1. The molecule has 52 heavy (non-hydrogen) atoms. The van der Waals surface area contributed by atoms with E-state index < -0.39 is 51.3 Å². The van der Waals surface area contributed by atoms with Crippen LogP contribution in [0.4, 0.5) is 23.7 Å². The van der Waals surface area contributed by atoms with Gasteiger partial charge < -0.3 is 24.8 Å². The molecule has 13 nitrogen and oxygen atoms in total. The first-order chi connectivity index (χ1) is 25.0. The number of aromatic nitrogens is 1. The highest BCUT2D eigenvalue weighted by molar-refractivity contribution is 7.88. The first kappa shape index (κ1) is 36.1. The number of halogens is 3. The van der Waals surface area contributed by atoms with Crippen molar-refractivity contribution in [2.24, 2.45) is 0 Å². The zero-order valence-electron chi connectivity index (χ0n) is 27.9. The minimum Gasteiger partial charge on any atom is -0.493 e. The number of pyridine rings is 1.